The molecule has 1 aromatic rings. The molecule has 0 saturated carbocycles. The van der Waals surface area contributed by atoms with Crippen molar-refractivity contribution in [2.24, 2.45) is 5.92 Å². The number of nitrogens with one attached hydrogen (secondary N) is 2. The Morgan fingerprint density at radius 3 is 2.74 bits per heavy atom. The van der Waals surface area contributed by atoms with Gasteiger partial charge in [-0.1, -0.05) is 6.92 Å². The summed E-state index contributed by atoms with van der Waals surface area (Å²) in [6, 6.07) is 0. The smallest absolute Gasteiger partial charge is 0.244 e. The van der Waals surface area contributed by atoms with Crippen molar-refractivity contribution >= 4 is 5.95 Å². The molecule has 0 unspecified atom stereocenters. The number of hydrogen-bond acceptors (Lipinski definition) is 5. The van der Waals surface area contributed by atoms with Crippen LogP contribution in [0.3, 0.4) is 0 Å². The van der Waals surface area contributed by atoms with Gasteiger partial charge in [-0.3, -0.25) is 5.10 Å². The molecule has 19 heavy (non-hydrogen) atoms. The summed E-state index contributed by atoms with van der Waals surface area (Å²) in [4.78, 5) is 8.94. The van der Waals surface area contributed by atoms with E-state index in [2.05, 4.69) is 37.2 Å². The highest BCUT2D eigenvalue weighted by Crippen LogP contribution is 2.20. The van der Waals surface area contributed by atoms with E-state index in [1.165, 1.54) is 12.8 Å². The van der Waals surface area contributed by atoms with Crippen LogP contribution >= 0.6 is 0 Å². The quantitative estimate of drug-likeness (QED) is 0.793. The fourth-order valence-electron chi connectivity index (χ4n) is 2.48. The van der Waals surface area contributed by atoms with E-state index in [0.29, 0.717) is 0 Å². The molecule has 0 aromatic carbocycles. The molecule has 1 aliphatic heterocycles. The summed E-state index contributed by atoms with van der Waals surface area (Å²) in [7, 11) is 4.07. The van der Waals surface area contributed by atoms with Crippen molar-refractivity contribution in [3.63, 3.8) is 0 Å². The molecule has 6 heteroatoms. The molecule has 0 aliphatic carbocycles. The van der Waals surface area contributed by atoms with E-state index >= 15 is 0 Å². The molecule has 1 aliphatic rings. The van der Waals surface area contributed by atoms with Gasteiger partial charge in [-0.05, 0) is 45.9 Å². The maximum absolute atomic E-state index is 4.56. The number of nitrogens with zero attached hydrogens (tertiary/aromatic N) is 4. The van der Waals surface area contributed by atoms with E-state index < -0.39 is 0 Å². The van der Waals surface area contributed by atoms with Crippen LogP contribution in [0.2, 0.25) is 0 Å². The van der Waals surface area contributed by atoms with Crippen LogP contribution < -0.4 is 10.2 Å². The normalized spacial score (nSPS) is 17.4. The largest absolute Gasteiger partial charge is 0.340 e. The van der Waals surface area contributed by atoms with Crippen molar-refractivity contribution in [3.05, 3.63) is 5.82 Å². The highest BCUT2D eigenvalue weighted by molar-refractivity contribution is 5.29. The molecule has 1 fully saturated rings. The van der Waals surface area contributed by atoms with Gasteiger partial charge in [-0.25, -0.2) is 0 Å². The van der Waals surface area contributed by atoms with E-state index in [0.717, 1.165) is 50.4 Å². The second-order valence-corrected chi connectivity index (χ2v) is 5.56. The summed E-state index contributed by atoms with van der Waals surface area (Å²) in [6.45, 7) is 7.31. The van der Waals surface area contributed by atoms with Crippen molar-refractivity contribution in [1.82, 2.24) is 25.4 Å². The third kappa shape index (κ3) is 4.18. The molecular weight excluding hydrogens is 240 g/mol. The minimum absolute atomic E-state index is 0.802. The lowest BCUT2D eigenvalue weighted by Crippen LogP contribution is -2.37. The molecule has 0 spiro atoms. The van der Waals surface area contributed by atoms with Gasteiger partial charge >= 0.3 is 0 Å². The fourth-order valence-corrected chi connectivity index (χ4v) is 2.48. The van der Waals surface area contributed by atoms with Gasteiger partial charge < -0.3 is 15.1 Å². The zero-order valence-corrected chi connectivity index (χ0v) is 12.3. The van der Waals surface area contributed by atoms with E-state index in [4.69, 9.17) is 0 Å². The fraction of sp³-hybridized carbons (Fsp3) is 0.846. The summed E-state index contributed by atoms with van der Waals surface area (Å²) < 4.78 is 0. The second-order valence-electron chi connectivity index (χ2n) is 5.56. The van der Waals surface area contributed by atoms with Crippen molar-refractivity contribution in [1.29, 1.82) is 0 Å². The number of aromatic amines is 1. The van der Waals surface area contributed by atoms with Gasteiger partial charge in [0.25, 0.3) is 0 Å². The maximum atomic E-state index is 4.56. The number of hydrogen-bond donors (Lipinski definition) is 2. The van der Waals surface area contributed by atoms with E-state index in [1.807, 2.05) is 14.1 Å². The van der Waals surface area contributed by atoms with Crippen LogP contribution in [0.25, 0.3) is 0 Å². The van der Waals surface area contributed by atoms with Crippen molar-refractivity contribution in [2.75, 3.05) is 45.2 Å². The average molecular weight is 266 g/mol. The molecule has 0 atom stereocenters. The Morgan fingerprint density at radius 1 is 1.37 bits per heavy atom. The van der Waals surface area contributed by atoms with Crippen LogP contribution in [0.5, 0.6) is 0 Å². The Morgan fingerprint density at radius 2 is 2.11 bits per heavy atom. The van der Waals surface area contributed by atoms with Gasteiger partial charge in [0, 0.05) is 13.1 Å². The van der Waals surface area contributed by atoms with Crippen LogP contribution in [0.1, 0.15) is 25.6 Å². The molecule has 1 aromatic heterocycles. The molecular formula is C13H26N6. The zero-order chi connectivity index (χ0) is 13.7. The first-order valence-corrected chi connectivity index (χ1v) is 7.20. The molecule has 2 heterocycles. The van der Waals surface area contributed by atoms with Gasteiger partial charge in [-0.15, -0.1) is 5.10 Å². The second kappa shape index (κ2) is 6.86. The number of H-pyrrole nitrogens is 1. The molecule has 0 amide bonds. The van der Waals surface area contributed by atoms with Crippen LogP contribution in [0.4, 0.5) is 5.95 Å². The first kappa shape index (κ1) is 14.3. The zero-order valence-electron chi connectivity index (χ0n) is 12.3. The lowest BCUT2D eigenvalue weighted by molar-refractivity contribution is 0.383. The predicted octanol–water partition coefficient (Wildman–Crippen LogP) is 0.692. The van der Waals surface area contributed by atoms with Crippen LogP contribution in [-0.4, -0.2) is 60.4 Å². The number of piperidine rings is 1. The van der Waals surface area contributed by atoms with Gasteiger partial charge in [0.2, 0.25) is 5.95 Å². The summed E-state index contributed by atoms with van der Waals surface area (Å²) in [5, 5.41) is 10.8. The van der Waals surface area contributed by atoms with E-state index in [1.54, 1.807) is 0 Å². The summed E-state index contributed by atoms with van der Waals surface area (Å²) in [5.74, 6) is 2.60. The van der Waals surface area contributed by atoms with Gasteiger partial charge in [0.1, 0.15) is 5.82 Å². The molecule has 0 bridgehead atoms. The molecule has 108 valence electrons. The van der Waals surface area contributed by atoms with Gasteiger partial charge in [-0.2, -0.15) is 4.98 Å². The van der Waals surface area contributed by atoms with E-state index in [9.17, 15) is 0 Å². The first-order chi connectivity index (χ1) is 9.19. The third-order valence-electron chi connectivity index (χ3n) is 3.57. The highest BCUT2D eigenvalue weighted by atomic mass is 15.4. The monoisotopic (exact) mass is 266 g/mol. The SMILES string of the molecule is CCNCC1CCN(c2n[nH]c(CN(C)C)n2)CC1. The maximum Gasteiger partial charge on any atom is 0.244 e. The summed E-state index contributed by atoms with van der Waals surface area (Å²) >= 11 is 0. The van der Waals surface area contributed by atoms with Crippen molar-refractivity contribution in [2.45, 2.75) is 26.3 Å². The number of rotatable bonds is 6. The minimum atomic E-state index is 0.802. The molecule has 2 N–H and O–H groups in total. The topological polar surface area (TPSA) is 60.1 Å². The Hall–Kier alpha value is -1.14. The van der Waals surface area contributed by atoms with Crippen LogP contribution in [0, 0.1) is 5.92 Å². The van der Waals surface area contributed by atoms with Crippen LogP contribution in [-0.2, 0) is 6.54 Å². The lowest BCUT2D eigenvalue weighted by atomic mass is 9.97. The summed E-state index contributed by atoms with van der Waals surface area (Å²) in [5.41, 5.74) is 0. The Kier molecular flexibility index (Phi) is 5.15. The Balaban J connectivity index is 1.82. The predicted molar refractivity (Wildman–Crippen MR) is 77.3 cm³/mol. The molecule has 6 nitrogen and oxygen atoms in total. The molecule has 1 saturated heterocycles. The minimum Gasteiger partial charge on any atom is -0.340 e. The van der Waals surface area contributed by atoms with Gasteiger partial charge in [0.15, 0.2) is 0 Å². The Bertz CT molecular complexity index is 367. The molecule has 2 rings (SSSR count). The number of aromatic nitrogens is 3. The standard InChI is InChI=1S/C13H26N6/c1-4-14-9-11-5-7-19(8-6-11)13-15-12(16-17-13)10-18(2)3/h11,14H,4-10H2,1-3H3,(H,15,16,17). The third-order valence-corrected chi connectivity index (χ3v) is 3.57. The Labute approximate surface area is 115 Å². The van der Waals surface area contributed by atoms with E-state index in [-0.39, 0.29) is 0 Å². The van der Waals surface area contributed by atoms with Gasteiger partial charge in [0.05, 0.1) is 6.54 Å². The lowest BCUT2D eigenvalue weighted by Gasteiger charge is -2.31. The van der Waals surface area contributed by atoms with Crippen LogP contribution in [0.15, 0.2) is 0 Å². The van der Waals surface area contributed by atoms with Crippen molar-refractivity contribution in [3.8, 4) is 0 Å². The number of anilines is 1. The molecule has 0 radical (unpaired) electrons. The highest BCUT2D eigenvalue weighted by Gasteiger charge is 2.21. The summed E-state index contributed by atoms with van der Waals surface area (Å²) in [6.07, 6.45) is 2.45. The first-order valence-electron chi connectivity index (χ1n) is 7.20. The van der Waals surface area contributed by atoms with Crippen molar-refractivity contribution < 1.29 is 0 Å². The average Bonchev–Trinajstić information content (AvgIpc) is 2.84.